The van der Waals surface area contributed by atoms with Crippen LogP contribution in [0.25, 0.3) is 0 Å². The van der Waals surface area contributed by atoms with Gasteiger partial charge in [0.15, 0.2) is 0 Å². The summed E-state index contributed by atoms with van der Waals surface area (Å²) in [6, 6.07) is 8.93. The summed E-state index contributed by atoms with van der Waals surface area (Å²) in [4.78, 5) is 15.3. The number of alkyl halides is 1. The van der Waals surface area contributed by atoms with Gasteiger partial charge in [-0.15, -0.1) is 11.6 Å². The number of aromatic nitrogens is 1. The molecule has 19 heavy (non-hydrogen) atoms. The fraction of sp³-hybridized carbons (Fsp3) is 0.214. The molecule has 0 radical (unpaired) electrons. The number of hydrogen-bond acceptors (Lipinski definition) is 2. The standard InChI is InChI=1S/C14H13BrClNO2/c15-10-4-5-13(19-8-2-6-16)11(9-10)14(18)12-3-1-7-17-12/h1,3-5,7,9,17H,2,6,8H2. The Morgan fingerprint density at radius 1 is 1.37 bits per heavy atom. The molecule has 0 bridgehead atoms. The Bertz CT molecular complexity index is 555. The number of ether oxygens (including phenoxy) is 1. The van der Waals surface area contributed by atoms with Crippen LogP contribution in [0, 0.1) is 0 Å². The van der Waals surface area contributed by atoms with E-state index in [-0.39, 0.29) is 5.78 Å². The molecular weight excluding hydrogens is 330 g/mol. The number of carbonyl (C=O) groups is 1. The van der Waals surface area contributed by atoms with Gasteiger partial charge in [0.25, 0.3) is 0 Å². The van der Waals surface area contributed by atoms with E-state index >= 15 is 0 Å². The normalized spacial score (nSPS) is 10.4. The zero-order valence-electron chi connectivity index (χ0n) is 10.2. The van der Waals surface area contributed by atoms with E-state index < -0.39 is 0 Å². The second-order valence-corrected chi connectivity index (χ2v) is 5.24. The lowest BCUT2D eigenvalue weighted by atomic mass is 10.1. The number of ketones is 1. The number of rotatable bonds is 6. The molecule has 3 nitrogen and oxygen atoms in total. The molecule has 1 N–H and O–H groups in total. The first kappa shape index (κ1) is 14.2. The van der Waals surface area contributed by atoms with E-state index in [2.05, 4.69) is 20.9 Å². The Labute approximate surface area is 125 Å². The van der Waals surface area contributed by atoms with Gasteiger partial charge in [0, 0.05) is 16.5 Å². The van der Waals surface area contributed by atoms with Crippen molar-refractivity contribution in [3.05, 3.63) is 52.3 Å². The average Bonchev–Trinajstić information content (AvgIpc) is 2.94. The van der Waals surface area contributed by atoms with Gasteiger partial charge >= 0.3 is 0 Å². The van der Waals surface area contributed by atoms with E-state index in [1.807, 2.05) is 6.07 Å². The summed E-state index contributed by atoms with van der Waals surface area (Å²) in [7, 11) is 0. The van der Waals surface area contributed by atoms with E-state index in [4.69, 9.17) is 16.3 Å². The van der Waals surface area contributed by atoms with Gasteiger partial charge in [-0.3, -0.25) is 4.79 Å². The van der Waals surface area contributed by atoms with Crippen LogP contribution in [-0.4, -0.2) is 23.3 Å². The lowest BCUT2D eigenvalue weighted by Gasteiger charge is -2.10. The van der Waals surface area contributed by atoms with Gasteiger partial charge in [0.1, 0.15) is 5.75 Å². The molecule has 0 saturated heterocycles. The van der Waals surface area contributed by atoms with Crippen molar-refractivity contribution in [2.75, 3.05) is 12.5 Å². The van der Waals surface area contributed by atoms with Crippen LogP contribution in [0.4, 0.5) is 0 Å². The van der Waals surface area contributed by atoms with E-state index in [1.54, 1.807) is 30.5 Å². The van der Waals surface area contributed by atoms with Crippen LogP contribution in [0.3, 0.4) is 0 Å². The number of H-pyrrole nitrogens is 1. The first-order valence-electron chi connectivity index (χ1n) is 5.89. The summed E-state index contributed by atoms with van der Waals surface area (Å²) in [6.07, 6.45) is 2.47. The van der Waals surface area contributed by atoms with Crippen molar-refractivity contribution in [3.8, 4) is 5.75 Å². The van der Waals surface area contributed by atoms with E-state index in [1.165, 1.54) is 0 Å². The molecule has 5 heteroatoms. The number of hydrogen-bond donors (Lipinski definition) is 1. The first-order chi connectivity index (χ1) is 9.22. The fourth-order valence-corrected chi connectivity index (χ4v) is 2.13. The predicted octanol–water partition coefficient (Wildman–Crippen LogP) is 4.02. The minimum absolute atomic E-state index is 0.0906. The average molecular weight is 343 g/mol. The van der Waals surface area contributed by atoms with Gasteiger partial charge in [-0.25, -0.2) is 0 Å². The lowest BCUT2D eigenvalue weighted by Crippen LogP contribution is -2.07. The van der Waals surface area contributed by atoms with Gasteiger partial charge in [0.2, 0.25) is 5.78 Å². The largest absolute Gasteiger partial charge is 0.493 e. The van der Waals surface area contributed by atoms with Crippen molar-refractivity contribution < 1.29 is 9.53 Å². The first-order valence-corrected chi connectivity index (χ1v) is 7.21. The number of nitrogens with one attached hydrogen (secondary N) is 1. The van der Waals surface area contributed by atoms with Gasteiger partial charge in [-0.05, 0) is 36.8 Å². The van der Waals surface area contributed by atoms with Gasteiger partial charge in [0.05, 0.1) is 17.9 Å². The summed E-state index contributed by atoms with van der Waals surface area (Å²) in [5, 5.41) is 0. The molecule has 0 unspecified atom stereocenters. The third kappa shape index (κ3) is 3.61. The van der Waals surface area contributed by atoms with Crippen LogP contribution in [0.2, 0.25) is 0 Å². The highest BCUT2D eigenvalue weighted by Crippen LogP contribution is 2.25. The second-order valence-electron chi connectivity index (χ2n) is 3.94. The predicted molar refractivity (Wildman–Crippen MR) is 79.2 cm³/mol. The van der Waals surface area contributed by atoms with Crippen LogP contribution in [-0.2, 0) is 0 Å². The van der Waals surface area contributed by atoms with Crippen molar-refractivity contribution in [2.24, 2.45) is 0 Å². The molecular formula is C14H13BrClNO2. The maximum atomic E-state index is 12.4. The summed E-state index contributed by atoms with van der Waals surface area (Å²) in [5.74, 6) is 1.02. The van der Waals surface area contributed by atoms with Crippen molar-refractivity contribution in [1.82, 2.24) is 4.98 Å². The zero-order valence-corrected chi connectivity index (χ0v) is 12.5. The molecule has 0 aliphatic heterocycles. The van der Waals surface area contributed by atoms with Crippen LogP contribution in [0.5, 0.6) is 5.75 Å². The summed E-state index contributed by atoms with van der Waals surface area (Å²) in [6.45, 7) is 0.496. The van der Waals surface area contributed by atoms with Crippen molar-refractivity contribution in [3.63, 3.8) is 0 Å². The Hall–Kier alpha value is -1.26. The third-order valence-corrected chi connectivity index (χ3v) is 3.32. The molecule has 1 aromatic heterocycles. The number of aromatic amines is 1. The number of halogens is 2. The van der Waals surface area contributed by atoms with Gasteiger partial charge in [-0.2, -0.15) is 0 Å². The number of benzene rings is 1. The molecule has 100 valence electrons. The highest BCUT2D eigenvalue weighted by Gasteiger charge is 2.16. The quantitative estimate of drug-likeness (QED) is 0.489. The highest BCUT2D eigenvalue weighted by atomic mass is 79.9. The van der Waals surface area contributed by atoms with Crippen molar-refractivity contribution in [2.45, 2.75) is 6.42 Å². The minimum atomic E-state index is -0.0906. The molecule has 0 amide bonds. The monoisotopic (exact) mass is 341 g/mol. The van der Waals surface area contributed by atoms with Crippen LogP contribution >= 0.6 is 27.5 Å². The van der Waals surface area contributed by atoms with E-state index in [9.17, 15) is 4.79 Å². The molecule has 0 saturated carbocycles. The minimum Gasteiger partial charge on any atom is -0.493 e. The van der Waals surface area contributed by atoms with Crippen LogP contribution in [0.15, 0.2) is 41.0 Å². The fourth-order valence-electron chi connectivity index (χ4n) is 1.66. The molecule has 0 aliphatic rings. The van der Waals surface area contributed by atoms with Crippen molar-refractivity contribution in [1.29, 1.82) is 0 Å². The SMILES string of the molecule is O=C(c1ccc[nH]1)c1cc(Br)ccc1OCCCCl. The van der Waals surface area contributed by atoms with Crippen LogP contribution in [0.1, 0.15) is 22.5 Å². The van der Waals surface area contributed by atoms with Crippen LogP contribution < -0.4 is 4.74 Å². The molecule has 1 heterocycles. The number of carbonyl (C=O) groups excluding carboxylic acids is 1. The molecule has 0 spiro atoms. The van der Waals surface area contributed by atoms with E-state index in [0.29, 0.717) is 29.5 Å². The Kier molecular flexibility index (Phi) is 5.05. The van der Waals surface area contributed by atoms with Gasteiger partial charge < -0.3 is 9.72 Å². The third-order valence-electron chi connectivity index (χ3n) is 2.56. The molecule has 0 atom stereocenters. The smallest absolute Gasteiger partial charge is 0.212 e. The highest BCUT2D eigenvalue weighted by molar-refractivity contribution is 9.10. The second kappa shape index (κ2) is 6.78. The topological polar surface area (TPSA) is 42.1 Å². The molecule has 0 fully saturated rings. The maximum Gasteiger partial charge on any atom is 0.212 e. The maximum absolute atomic E-state index is 12.4. The van der Waals surface area contributed by atoms with Crippen molar-refractivity contribution >= 4 is 33.3 Å². The summed E-state index contributed by atoms with van der Waals surface area (Å²) in [5.41, 5.74) is 1.08. The lowest BCUT2D eigenvalue weighted by molar-refractivity contribution is 0.103. The molecule has 2 rings (SSSR count). The summed E-state index contributed by atoms with van der Waals surface area (Å²) >= 11 is 8.99. The Balaban J connectivity index is 2.26. The Morgan fingerprint density at radius 2 is 2.21 bits per heavy atom. The summed E-state index contributed by atoms with van der Waals surface area (Å²) < 4.78 is 6.45. The van der Waals surface area contributed by atoms with E-state index in [0.717, 1.165) is 10.9 Å². The van der Waals surface area contributed by atoms with Gasteiger partial charge in [-0.1, -0.05) is 15.9 Å². The Morgan fingerprint density at radius 3 is 2.89 bits per heavy atom. The zero-order chi connectivity index (χ0) is 13.7. The molecule has 2 aromatic rings. The molecule has 1 aromatic carbocycles. The molecule has 0 aliphatic carbocycles.